The molecule has 0 saturated heterocycles. The number of rotatable bonds is 30. The fraction of sp³-hybridized carbons (Fsp3) is 0.500. The molecular formula is C50H61NO17. The zero-order valence-corrected chi connectivity index (χ0v) is 39.3. The van der Waals surface area contributed by atoms with Crippen molar-refractivity contribution in [2.24, 2.45) is 0 Å². The average Bonchev–Trinajstić information content (AvgIpc) is 3.45. The van der Waals surface area contributed by atoms with E-state index in [1.165, 1.54) is 26.2 Å². The number of carbonyl (C=O) groups is 3. The van der Waals surface area contributed by atoms with E-state index in [2.05, 4.69) is 5.32 Å². The van der Waals surface area contributed by atoms with Crippen LogP contribution in [0.25, 0.3) is 49.2 Å². The van der Waals surface area contributed by atoms with Gasteiger partial charge in [0.25, 0.3) is 0 Å². The first kappa shape index (κ1) is 51.8. The number of hydrogen-bond acceptors (Lipinski definition) is 18. The van der Waals surface area contributed by atoms with Gasteiger partial charge in [-0.3, -0.25) is 24.0 Å². The van der Waals surface area contributed by atoms with E-state index in [4.69, 9.17) is 42.6 Å². The number of phenolic OH excluding ortho intramolecular Hbond substituents is 1. The van der Waals surface area contributed by atoms with Crippen LogP contribution in [0.4, 0.5) is 5.69 Å². The number of hydrogen-bond donors (Lipinski definition) is 4. The molecule has 18 heteroatoms. The quantitative estimate of drug-likeness (QED) is 0.0218. The molecule has 0 spiro atoms. The summed E-state index contributed by atoms with van der Waals surface area (Å²) in [6, 6.07) is 2.57. The Bertz CT molecular complexity index is 2730. The molecule has 4 N–H and O–H groups in total. The maximum Gasteiger partial charge on any atom is 0.308 e. The molecule has 0 bridgehead atoms. The van der Waals surface area contributed by atoms with Crippen molar-refractivity contribution >= 4 is 72.6 Å². The minimum atomic E-state index is -0.967. The summed E-state index contributed by atoms with van der Waals surface area (Å²) in [6.07, 6.45) is 2.79. The lowest BCUT2D eigenvalue weighted by Crippen LogP contribution is -2.18. The van der Waals surface area contributed by atoms with E-state index in [0.29, 0.717) is 94.2 Å². The second kappa shape index (κ2) is 24.6. The van der Waals surface area contributed by atoms with E-state index in [9.17, 15) is 39.3 Å². The second-order valence-corrected chi connectivity index (χ2v) is 16.3. The number of nitrogens with one attached hydrogen (secondary N) is 1. The number of benzene rings is 5. The summed E-state index contributed by atoms with van der Waals surface area (Å²) in [6.45, 7) is 4.84. The molecular weight excluding hydrogens is 887 g/mol. The number of allylic oxidation sites excluding steroid dienone is 1. The Hall–Kier alpha value is -5.57. The molecule has 368 valence electrons. The summed E-state index contributed by atoms with van der Waals surface area (Å²) >= 11 is 0. The van der Waals surface area contributed by atoms with E-state index in [1.807, 2.05) is 6.08 Å². The monoisotopic (exact) mass is 947 g/mol. The summed E-state index contributed by atoms with van der Waals surface area (Å²) in [5.41, 5.74) is 2.08. The van der Waals surface area contributed by atoms with E-state index < -0.39 is 47.7 Å². The predicted octanol–water partition coefficient (Wildman–Crippen LogP) is 4.25. The Morgan fingerprint density at radius 2 is 1.16 bits per heavy atom. The number of carbonyl (C=O) groups excluding carboxylic acids is 3. The molecule has 0 amide bonds. The minimum Gasteiger partial charge on any atom is -0.504 e. The minimum absolute atomic E-state index is 0.0103. The van der Waals surface area contributed by atoms with Crippen molar-refractivity contribution in [3.8, 4) is 11.5 Å². The molecule has 1 aliphatic carbocycles. The molecule has 6 rings (SSSR count). The summed E-state index contributed by atoms with van der Waals surface area (Å²) in [5.74, 6) is -2.64. The highest BCUT2D eigenvalue weighted by molar-refractivity contribution is 6.39. The fourth-order valence-electron chi connectivity index (χ4n) is 9.14. The number of ether oxygens (including phenoxy) is 9. The van der Waals surface area contributed by atoms with Crippen molar-refractivity contribution in [1.82, 2.24) is 0 Å². The van der Waals surface area contributed by atoms with Gasteiger partial charge in [-0.15, -0.1) is 0 Å². The van der Waals surface area contributed by atoms with Crippen molar-refractivity contribution in [3.05, 3.63) is 66.0 Å². The summed E-state index contributed by atoms with van der Waals surface area (Å²) in [5, 5.41) is 39.7. The van der Waals surface area contributed by atoms with Crippen LogP contribution in [0, 0.1) is 0 Å². The maximum absolute atomic E-state index is 14.7. The van der Waals surface area contributed by atoms with Gasteiger partial charge in [-0.1, -0.05) is 11.6 Å². The Balaban J connectivity index is 1.43. The molecule has 5 aromatic carbocycles. The van der Waals surface area contributed by atoms with Crippen LogP contribution in [0.3, 0.4) is 0 Å². The molecule has 68 heavy (non-hydrogen) atoms. The largest absolute Gasteiger partial charge is 0.504 e. The highest BCUT2D eigenvalue weighted by Crippen LogP contribution is 2.56. The summed E-state index contributed by atoms with van der Waals surface area (Å²) in [7, 11) is 4.46. The van der Waals surface area contributed by atoms with Gasteiger partial charge < -0.3 is 63.3 Å². The molecule has 1 aliphatic rings. The van der Waals surface area contributed by atoms with Gasteiger partial charge in [0, 0.05) is 49.4 Å². The summed E-state index contributed by atoms with van der Waals surface area (Å²) < 4.78 is 48.7. The lowest BCUT2D eigenvalue weighted by molar-refractivity contribution is -0.147. The van der Waals surface area contributed by atoms with E-state index in [0.717, 1.165) is 0 Å². The predicted molar refractivity (Wildman–Crippen MR) is 254 cm³/mol. The smallest absolute Gasteiger partial charge is 0.308 e. The molecule has 0 radical (unpaired) electrons. The van der Waals surface area contributed by atoms with Gasteiger partial charge in [0.2, 0.25) is 0 Å². The molecule has 0 fully saturated rings. The highest BCUT2D eigenvalue weighted by Gasteiger charge is 2.37. The molecule has 1 atom stereocenters. The van der Waals surface area contributed by atoms with Gasteiger partial charge in [-0.05, 0) is 82.6 Å². The van der Waals surface area contributed by atoms with Crippen LogP contribution in [-0.2, 0) is 71.9 Å². The number of phenols is 1. The number of fused-ring (bicyclic) bond motifs is 1. The number of Topliss-reactive ketones (excluding diaryl/α,β-unsaturated/α-hetero) is 1. The molecule has 0 aliphatic heterocycles. The molecule has 5 aromatic rings. The van der Waals surface area contributed by atoms with Gasteiger partial charge >= 0.3 is 11.9 Å². The lowest BCUT2D eigenvalue weighted by Gasteiger charge is -2.26. The van der Waals surface area contributed by atoms with Gasteiger partial charge in [-0.2, -0.15) is 0 Å². The molecule has 0 heterocycles. The fourth-order valence-corrected chi connectivity index (χ4v) is 9.14. The van der Waals surface area contributed by atoms with Gasteiger partial charge in [0.15, 0.2) is 22.4 Å². The van der Waals surface area contributed by atoms with E-state index in [1.54, 1.807) is 21.1 Å². The topological polar surface area (TPSA) is 241 Å². The van der Waals surface area contributed by atoms with Crippen LogP contribution in [0.5, 0.6) is 11.5 Å². The van der Waals surface area contributed by atoms with Crippen LogP contribution in [0.15, 0.2) is 27.3 Å². The van der Waals surface area contributed by atoms with Crippen LogP contribution in [0.1, 0.15) is 66.8 Å². The summed E-state index contributed by atoms with van der Waals surface area (Å²) in [4.78, 5) is 67.0. The van der Waals surface area contributed by atoms with Crippen molar-refractivity contribution < 1.29 is 72.3 Å². The average molecular weight is 948 g/mol. The number of esters is 2. The third-order valence-electron chi connectivity index (χ3n) is 11.9. The molecule has 1 unspecified atom stereocenters. The number of anilines is 1. The Kier molecular flexibility index (Phi) is 18.8. The SMILES string of the molecule is COCCOCCC(=O)OCCOCCCc1c(NCCOCCOC(=O)CCOCCOC)c2c(=O)cc(CO)c3c4c(CO)cc(=O)c5c(O)c(OC)c6c(c(c1C=C(C)C6C(C)=O)c23)c54. The highest BCUT2D eigenvalue weighted by atomic mass is 16.6. The van der Waals surface area contributed by atoms with Crippen LogP contribution in [0.2, 0.25) is 0 Å². The first-order chi connectivity index (χ1) is 32.9. The normalized spacial score (nSPS) is 13.5. The third-order valence-corrected chi connectivity index (χ3v) is 11.9. The second-order valence-electron chi connectivity index (χ2n) is 16.3. The number of methoxy groups -OCH3 is 3. The van der Waals surface area contributed by atoms with Crippen molar-refractivity contribution in [3.63, 3.8) is 0 Å². The Morgan fingerprint density at radius 1 is 0.632 bits per heavy atom. The molecule has 0 aromatic heterocycles. The van der Waals surface area contributed by atoms with E-state index in [-0.39, 0.29) is 111 Å². The zero-order valence-electron chi connectivity index (χ0n) is 39.3. The number of ketones is 1. The Labute approximate surface area is 392 Å². The number of aliphatic hydroxyl groups is 2. The number of aliphatic hydroxyl groups excluding tert-OH is 2. The van der Waals surface area contributed by atoms with Crippen molar-refractivity contribution in [2.75, 3.05) is 112 Å². The van der Waals surface area contributed by atoms with Crippen LogP contribution >= 0.6 is 0 Å². The van der Waals surface area contributed by atoms with Gasteiger partial charge in [0.1, 0.15) is 19.0 Å². The first-order valence-electron chi connectivity index (χ1n) is 22.6. The maximum atomic E-state index is 14.7. The van der Waals surface area contributed by atoms with Crippen molar-refractivity contribution in [2.45, 2.75) is 58.7 Å². The van der Waals surface area contributed by atoms with E-state index >= 15 is 0 Å². The molecule has 0 saturated carbocycles. The van der Waals surface area contributed by atoms with Crippen LogP contribution < -0.4 is 20.9 Å². The van der Waals surface area contributed by atoms with Crippen LogP contribution in [-0.4, -0.2) is 140 Å². The Morgan fingerprint density at radius 3 is 1.71 bits per heavy atom. The molecule has 18 nitrogen and oxygen atoms in total. The zero-order chi connectivity index (χ0) is 48.9. The third kappa shape index (κ3) is 11.1. The van der Waals surface area contributed by atoms with Crippen molar-refractivity contribution in [1.29, 1.82) is 0 Å². The van der Waals surface area contributed by atoms with Gasteiger partial charge in [0.05, 0.1) is 109 Å². The lowest BCUT2D eigenvalue weighted by atomic mass is 9.78. The first-order valence-corrected chi connectivity index (χ1v) is 22.6. The number of aromatic hydroxyl groups is 1. The van der Waals surface area contributed by atoms with Gasteiger partial charge in [-0.25, -0.2) is 0 Å². The standard InChI is InChI=1S/C50H61NO17/c1-28-23-33-32(7-6-11-63-19-21-67-36(57)8-12-64-17-15-60-3)48(51-10-14-66-20-22-68-37(58)9-13-65-18-16-61-4)42-34(55)24-30(26-52)39-40-31(27-53)25-35(56)43-45(40)46(41(33)44(39)42)47(38(28)29(2)54)50(62-5)49(43)59/h23-25,38,51-53,59H,6-22,26-27H2,1-5H3.